The van der Waals surface area contributed by atoms with Crippen molar-refractivity contribution in [2.45, 2.75) is 39.2 Å². The van der Waals surface area contributed by atoms with Crippen molar-refractivity contribution in [3.05, 3.63) is 51.5 Å². The fraction of sp³-hybridized carbons (Fsp3) is 0.438. The Morgan fingerprint density at radius 1 is 1.21 bits per heavy atom. The largest absolute Gasteiger partial charge is 0.307 e. The minimum Gasteiger partial charge on any atom is -0.307 e. The number of benzene rings is 1. The van der Waals surface area contributed by atoms with Gasteiger partial charge in [-0.15, -0.1) is 11.3 Å². The molecule has 1 N–H and O–H groups in total. The predicted molar refractivity (Wildman–Crippen MR) is 82.9 cm³/mol. The summed E-state index contributed by atoms with van der Waals surface area (Å²) < 4.78 is 0. The Kier molecular flexibility index (Phi) is 4.07. The first-order valence-electron chi connectivity index (χ1n) is 6.62. The molecule has 0 aliphatic rings. The van der Waals surface area contributed by atoms with Crippen LogP contribution in [0.3, 0.4) is 0 Å². The Morgan fingerprint density at radius 2 is 1.89 bits per heavy atom. The second kappa shape index (κ2) is 5.43. The molecule has 2 rings (SSSR count). The SMILES string of the molecule is CNC(c1nc(C(C)(C)C)cs1)c1ccccc1C. The first-order chi connectivity index (χ1) is 8.93. The van der Waals surface area contributed by atoms with Crippen molar-refractivity contribution in [1.29, 1.82) is 0 Å². The van der Waals surface area contributed by atoms with E-state index in [4.69, 9.17) is 4.98 Å². The van der Waals surface area contributed by atoms with Crippen LogP contribution in [0.15, 0.2) is 29.6 Å². The third-order valence-corrected chi connectivity index (χ3v) is 4.24. The fourth-order valence-corrected chi connectivity index (χ4v) is 3.26. The van der Waals surface area contributed by atoms with E-state index in [-0.39, 0.29) is 11.5 Å². The number of nitrogens with one attached hydrogen (secondary N) is 1. The summed E-state index contributed by atoms with van der Waals surface area (Å²) in [6.07, 6.45) is 0. The summed E-state index contributed by atoms with van der Waals surface area (Å²) in [5.41, 5.74) is 3.88. The molecule has 1 aromatic carbocycles. The van der Waals surface area contributed by atoms with E-state index in [1.165, 1.54) is 16.8 Å². The lowest BCUT2D eigenvalue weighted by Gasteiger charge is -2.17. The highest BCUT2D eigenvalue weighted by atomic mass is 32.1. The monoisotopic (exact) mass is 274 g/mol. The molecule has 102 valence electrons. The van der Waals surface area contributed by atoms with Crippen LogP contribution in [0.4, 0.5) is 0 Å². The molecule has 1 unspecified atom stereocenters. The molecule has 0 amide bonds. The summed E-state index contributed by atoms with van der Waals surface area (Å²) in [5, 5.41) is 6.71. The van der Waals surface area contributed by atoms with E-state index < -0.39 is 0 Å². The van der Waals surface area contributed by atoms with Crippen LogP contribution in [0.25, 0.3) is 0 Å². The lowest BCUT2D eigenvalue weighted by Crippen LogP contribution is -2.19. The van der Waals surface area contributed by atoms with Gasteiger partial charge in [-0.25, -0.2) is 4.98 Å². The van der Waals surface area contributed by atoms with Gasteiger partial charge in [0, 0.05) is 10.8 Å². The van der Waals surface area contributed by atoms with E-state index >= 15 is 0 Å². The summed E-state index contributed by atoms with van der Waals surface area (Å²) in [4.78, 5) is 4.83. The molecule has 1 heterocycles. The van der Waals surface area contributed by atoms with Gasteiger partial charge in [-0.2, -0.15) is 0 Å². The summed E-state index contributed by atoms with van der Waals surface area (Å²) in [7, 11) is 2.00. The highest BCUT2D eigenvalue weighted by molar-refractivity contribution is 7.09. The third kappa shape index (κ3) is 3.04. The molecule has 0 saturated carbocycles. The average Bonchev–Trinajstić information content (AvgIpc) is 2.82. The van der Waals surface area contributed by atoms with Crippen molar-refractivity contribution in [3.63, 3.8) is 0 Å². The molecule has 1 atom stereocenters. The van der Waals surface area contributed by atoms with Crippen molar-refractivity contribution in [1.82, 2.24) is 10.3 Å². The lowest BCUT2D eigenvalue weighted by molar-refractivity contribution is 0.566. The lowest BCUT2D eigenvalue weighted by atomic mass is 9.93. The molecule has 0 aliphatic carbocycles. The molecule has 2 aromatic rings. The standard InChI is InChI=1S/C16H22N2S/c1-11-8-6-7-9-12(11)14(17-5)15-18-13(10-19-15)16(2,3)4/h6-10,14,17H,1-5H3. The quantitative estimate of drug-likeness (QED) is 0.913. The number of nitrogens with zero attached hydrogens (tertiary/aromatic N) is 1. The molecule has 0 radical (unpaired) electrons. The Hall–Kier alpha value is -1.19. The number of rotatable bonds is 3. The summed E-state index contributed by atoms with van der Waals surface area (Å²) in [6.45, 7) is 8.76. The number of thiazole rings is 1. The summed E-state index contributed by atoms with van der Waals surface area (Å²) >= 11 is 1.74. The molecule has 3 heteroatoms. The van der Waals surface area contributed by atoms with Crippen LogP contribution in [0.2, 0.25) is 0 Å². The van der Waals surface area contributed by atoms with Crippen LogP contribution in [-0.2, 0) is 5.41 Å². The average molecular weight is 274 g/mol. The zero-order valence-corrected chi connectivity index (χ0v) is 13.1. The zero-order chi connectivity index (χ0) is 14.0. The topological polar surface area (TPSA) is 24.9 Å². The highest BCUT2D eigenvalue weighted by Gasteiger charge is 2.22. The van der Waals surface area contributed by atoms with E-state index in [2.05, 4.69) is 62.7 Å². The van der Waals surface area contributed by atoms with Gasteiger partial charge in [0.15, 0.2) is 0 Å². The maximum atomic E-state index is 4.83. The maximum absolute atomic E-state index is 4.83. The first-order valence-corrected chi connectivity index (χ1v) is 7.50. The molecule has 0 fully saturated rings. The van der Waals surface area contributed by atoms with Crippen LogP contribution >= 0.6 is 11.3 Å². The van der Waals surface area contributed by atoms with Crippen molar-refractivity contribution >= 4 is 11.3 Å². The van der Waals surface area contributed by atoms with Gasteiger partial charge in [0.05, 0.1) is 11.7 Å². The highest BCUT2D eigenvalue weighted by Crippen LogP contribution is 2.30. The molecular formula is C16H22N2S. The van der Waals surface area contributed by atoms with Gasteiger partial charge < -0.3 is 5.32 Å². The normalized spacial score (nSPS) is 13.5. The Morgan fingerprint density at radius 3 is 2.42 bits per heavy atom. The number of hydrogen-bond donors (Lipinski definition) is 1. The second-order valence-corrected chi connectivity index (χ2v) is 6.79. The number of aromatic nitrogens is 1. The third-order valence-electron chi connectivity index (χ3n) is 3.33. The molecule has 2 nitrogen and oxygen atoms in total. The van der Waals surface area contributed by atoms with Crippen LogP contribution in [0, 0.1) is 6.92 Å². The number of hydrogen-bond acceptors (Lipinski definition) is 3. The van der Waals surface area contributed by atoms with Gasteiger partial charge in [0.25, 0.3) is 0 Å². The summed E-state index contributed by atoms with van der Waals surface area (Å²) in [6, 6.07) is 8.67. The smallest absolute Gasteiger partial charge is 0.114 e. The molecule has 0 aliphatic heterocycles. The van der Waals surface area contributed by atoms with E-state index in [0.29, 0.717) is 0 Å². The van der Waals surface area contributed by atoms with Crippen molar-refractivity contribution in [2.75, 3.05) is 7.05 Å². The van der Waals surface area contributed by atoms with Gasteiger partial charge in [0.2, 0.25) is 0 Å². The minimum atomic E-state index is 0.110. The van der Waals surface area contributed by atoms with Crippen LogP contribution in [0.5, 0.6) is 0 Å². The van der Waals surface area contributed by atoms with E-state index in [1.807, 2.05) is 7.05 Å². The van der Waals surface area contributed by atoms with Crippen molar-refractivity contribution in [3.8, 4) is 0 Å². The van der Waals surface area contributed by atoms with Crippen molar-refractivity contribution in [2.24, 2.45) is 0 Å². The van der Waals surface area contributed by atoms with Crippen LogP contribution < -0.4 is 5.32 Å². The van der Waals surface area contributed by atoms with Gasteiger partial charge >= 0.3 is 0 Å². The molecule has 0 bridgehead atoms. The zero-order valence-electron chi connectivity index (χ0n) is 12.3. The number of aryl methyl sites for hydroxylation is 1. The minimum absolute atomic E-state index is 0.110. The fourth-order valence-electron chi connectivity index (χ4n) is 2.09. The molecule has 19 heavy (non-hydrogen) atoms. The maximum Gasteiger partial charge on any atom is 0.114 e. The van der Waals surface area contributed by atoms with Gasteiger partial charge in [0.1, 0.15) is 5.01 Å². The van der Waals surface area contributed by atoms with Gasteiger partial charge in [-0.3, -0.25) is 0 Å². The molecule has 1 aromatic heterocycles. The molecule has 0 spiro atoms. The van der Waals surface area contributed by atoms with Gasteiger partial charge in [-0.05, 0) is 25.1 Å². The predicted octanol–water partition coefficient (Wildman–Crippen LogP) is 4.06. The Labute approximate surface area is 119 Å². The summed E-state index contributed by atoms with van der Waals surface area (Å²) in [5.74, 6) is 0. The van der Waals surface area contributed by atoms with E-state index in [1.54, 1.807) is 11.3 Å². The van der Waals surface area contributed by atoms with Gasteiger partial charge in [-0.1, -0.05) is 45.0 Å². The second-order valence-electron chi connectivity index (χ2n) is 5.90. The van der Waals surface area contributed by atoms with E-state index in [0.717, 1.165) is 5.01 Å². The molecular weight excluding hydrogens is 252 g/mol. The molecule has 0 saturated heterocycles. The Bertz CT molecular complexity index is 552. The first kappa shape index (κ1) is 14.2. The van der Waals surface area contributed by atoms with E-state index in [9.17, 15) is 0 Å². The van der Waals surface area contributed by atoms with Crippen LogP contribution in [0.1, 0.15) is 48.6 Å². The van der Waals surface area contributed by atoms with Crippen LogP contribution in [-0.4, -0.2) is 12.0 Å². The Balaban J connectivity index is 2.38. The van der Waals surface area contributed by atoms with Crippen molar-refractivity contribution < 1.29 is 0 Å².